The number of nitrogens with one attached hydrogen (secondary N) is 1. The zero-order valence-electron chi connectivity index (χ0n) is 10.0. The number of nitrogen functional groups attached to an aromatic ring is 1. The van der Waals surface area contributed by atoms with Gasteiger partial charge >= 0.3 is 0 Å². The van der Waals surface area contributed by atoms with Crippen molar-refractivity contribution < 1.29 is 9.21 Å². The molecule has 2 heterocycles. The van der Waals surface area contributed by atoms with Crippen LogP contribution in [-0.4, -0.2) is 15.9 Å². The summed E-state index contributed by atoms with van der Waals surface area (Å²) in [6.07, 6.45) is 3.93. The second kappa shape index (κ2) is 5.31. The minimum Gasteiger partial charge on any atom is -0.444 e. The summed E-state index contributed by atoms with van der Waals surface area (Å²) in [5, 5.41) is 2.70. The van der Waals surface area contributed by atoms with Crippen molar-refractivity contribution in [2.24, 2.45) is 0 Å². The summed E-state index contributed by atoms with van der Waals surface area (Å²) in [5.41, 5.74) is 5.97. The highest BCUT2D eigenvalue weighted by Crippen LogP contribution is 2.05. The quantitative estimate of drug-likeness (QED) is 0.843. The molecular weight excluding hydrogens is 232 g/mol. The predicted octanol–water partition coefficient (Wildman–Crippen LogP) is 1.14. The highest BCUT2D eigenvalue weighted by atomic mass is 16.4. The average molecular weight is 246 g/mol. The Morgan fingerprint density at radius 1 is 1.50 bits per heavy atom. The zero-order chi connectivity index (χ0) is 13.0. The van der Waals surface area contributed by atoms with E-state index >= 15 is 0 Å². The number of anilines is 1. The summed E-state index contributed by atoms with van der Waals surface area (Å²) in [6, 6.07) is 3.11. The van der Waals surface area contributed by atoms with E-state index in [0.29, 0.717) is 17.3 Å². The van der Waals surface area contributed by atoms with Crippen LogP contribution in [0.5, 0.6) is 0 Å². The maximum absolute atomic E-state index is 11.8. The molecule has 0 radical (unpaired) electrons. The van der Waals surface area contributed by atoms with Crippen LogP contribution in [0, 0.1) is 0 Å². The van der Waals surface area contributed by atoms with Gasteiger partial charge in [0.15, 0.2) is 0 Å². The lowest BCUT2D eigenvalue weighted by Crippen LogP contribution is -2.23. The van der Waals surface area contributed by atoms with Gasteiger partial charge in [0, 0.05) is 18.2 Å². The number of hydrogen-bond donors (Lipinski definition) is 2. The summed E-state index contributed by atoms with van der Waals surface area (Å²) in [6.45, 7) is 2.23. The molecule has 0 bridgehead atoms. The van der Waals surface area contributed by atoms with Crippen molar-refractivity contribution in [3.05, 3.63) is 41.7 Å². The summed E-state index contributed by atoms with van der Waals surface area (Å²) in [5.74, 6) is 1.36. The first-order valence-electron chi connectivity index (χ1n) is 5.62. The molecule has 0 saturated carbocycles. The Morgan fingerprint density at radius 2 is 2.33 bits per heavy atom. The molecule has 0 aliphatic heterocycles. The van der Waals surface area contributed by atoms with E-state index in [2.05, 4.69) is 15.3 Å². The van der Waals surface area contributed by atoms with E-state index in [1.807, 2.05) is 6.92 Å². The van der Waals surface area contributed by atoms with Crippen LogP contribution in [-0.2, 0) is 13.0 Å². The van der Waals surface area contributed by atoms with E-state index in [-0.39, 0.29) is 12.5 Å². The van der Waals surface area contributed by atoms with Gasteiger partial charge < -0.3 is 15.5 Å². The summed E-state index contributed by atoms with van der Waals surface area (Å²) >= 11 is 0. The number of oxazole rings is 1. The Hall–Kier alpha value is -2.37. The molecule has 0 aliphatic rings. The largest absolute Gasteiger partial charge is 0.444 e. The van der Waals surface area contributed by atoms with Crippen molar-refractivity contribution in [2.45, 2.75) is 19.9 Å². The monoisotopic (exact) mass is 246 g/mol. The second-order valence-corrected chi connectivity index (χ2v) is 3.73. The van der Waals surface area contributed by atoms with Crippen molar-refractivity contribution >= 4 is 11.7 Å². The van der Waals surface area contributed by atoms with Crippen molar-refractivity contribution in [1.29, 1.82) is 0 Å². The van der Waals surface area contributed by atoms with E-state index in [1.54, 1.807) is 12.3 Å². The summed E-state index contributed by atoms with van der Waals surface area (Å²) in [7, 11) is 0. The molecule has 0 atom stereocenters. The molecule has 2 aromatic heterocycles. The highest BCUT2D eigenvalue weighted by molar-refractivity contribution is 5.94. The number of carbonyl (C=O) groups is 1. The van der Waals surface area contributed by atoms with Gasteiger partial charge in [0.2, 0.25) is 5.89 Å². The van der Waals surface area contributed by atoms with Crippen LogP contribution in [0.3, 0.4) is 0 Å². The van der Waals surface area contributed by atoms with Crippen LogP contribution in [0.15, 0.2) is 28.9 Å². The predicted molar refractivity (Wildman–Crippen MR) is 65.7 cm³/mol. The minimum absolute atomic E-state index is 0.236. The molecule has 18 heavy (non-hydrogen) atoms. The van der Waals surface area contributed by atoms with E-state index < -0.39 is 0 Å². The maximum Gasteiger partial charge on any atom is 0.251 e. The molecular formula is C12H14N4O2. The number of amides is 1. The van der Waals surface area contributed by atoms with Crippen LogP contribution < -0.4 is 11.1 Å². The number of nitrogens with two attached hydrogens (primary N) is 1. The molecule has 1 amide bonds. The molecule has 94 valence electrons. The van der Waals surface area contributed by atoms with Gasteiger partial charge in [-0.3, -0.25) is 4.79 Å². The first kappa shape index (κ1) is 12.1. The van der Waals surface area contributed by atoms with Crippen LogP contribution >= 0.6 is 0 Å². The average Bonchev–Trinajstić information content (AvgIpc) is 2.84. The van der Waals surface area contributed by atoms with E-state index in [4.69, 9.17) is 10.2 Å². The molecule has 0 aliphatic carbocycles. The first-order chi connectivity index (χ1) is 8.69. The van der Waals surface area contributed by atoms with Gasteiger partial charge in [0.25, 0.3) is 5.91 Å². The Bertz CT molecular complexity index is 551. The SMILES string of the molecule is CCc1cnc(CNC(=O)c2ccnc(N)c2)o1. The van der Waals surface area contributed by atoms with Crippen LogP contribution in [0.2, 0.25) is 0 Å². The fraction of sp³-hybridized carbons (Fsp3) is 0.250. The minimum atomic E-state index is -0.236. The standard InChI is InChI=1S/C12H14N4O2/c1-2-9-6-15-11(18-9)7-16-12(17)8-3-4-14-10(13)5-8/h3-6H,2,7H2,1H3,(H2,13,14)(H,16,17). The van der Waals surface area contributed by atoms with Crippen LogP contribution in [0.4, 0.5) is 5.82 Å². The third-order valence-corrected chi connectivity index (χ3v) is 2.39. The number of aromatic nitrogens is 2. The molecule has 0 saturated heterocycles. The molecule has 6 heteroatoms. The van der Waals surface area contributed by atoms with Crippen LogP contribution in [0.1, 0.15) is 28.9 Å². The number of aryl methyl sites for hydroxylation is 1. The number of hydrogen-bond acceptors (Lipinski definition) is 5. The molecule has 0 aromatic carbocycles. The Labute approximate surface area is 104 Å². The number of nitrogens with zero attached hydrogens (tertiary/aromatic N) is 2. The topological polar surface area (TPSA) is 94.0 Å². The van der Waals surface area contributed by atoms with Gasteiger partial charge in [-0.2, -0.15) is 0 Å². The van der Waals surface area contributed by atoms with Gasteiger partial charge in [-0.1, -0.05) is 6.92 Å². The Morgan fingerprint density at radius 3 is 3.00 bits per heavy atom. The molecule has 2 rings (SSSR count). The fourth-order valence-corrected chi connectivity index (χ4v) is 1.44. The van der Waals surface area contributed by atoms with E-state index in [1.165, 1.54) is 12.3 Å². The van der Waals surface area contributed by atoms with Gasteiger partial charge in [-0.25, -0.2) is 9.97 Å². The molecule has 0 spiro atoms. The summed E-state index contributed by atoms with van der Waals surface area (Å²) < 4.78 is 5.38. The van der Waals surface area contributed by atoms with Crippen molar-refractivity contribution in [2.75, 3.05) is 5.73 Å². The Kier molecular flexibility index (Phi) is 3.57. The lowest BCUT2D eigenvalue weighted by atomic mass is 10.2. The molecule has 2 aromatic rings. The van der Waals surface area contributed by atoms with Gasteiger partial charge in [-0.05, 0) is 12.1 Å². The summed E-state index contributed by atoms with van der Waals surface area (Å²) in [4.78, 5) is 19.7. The third kappa shape index (κ3) is 2.85. The number of pyridine rings is 1. The second-order valence-electron chi connectivity index (χ2n) is 3.73. The van der Waals surface area contributed by atoms with Gasteiger partial charge in [-0.15, -0.1) is 0 Å². The fourth-order valence-electron chi connectivity index (χ4n) is 1.44. The van der Waals surface area contributed by atoms with Gasteiger partial charge in [0.05, 0.1) is 12.7 Å². The van der Waals surface area contributed by atoms with E-state index in [0.717, 1.165) is 12.2 Å². The molecule has 0 unspecified atom stereocenters. The number of carbonyl (C=O) groups excluding carboxylic acids is 1. The first-order valence-corrected chi connectivity index (χ1v) is 5.62. The van der Waals surface area contributed by atoms with Crippen molar-refractivity contribution in [3.8, 4) is 0 Å². The lowest BCUT2D eigenvalue weighted by molar-refractivity contribution is 0.0947. The Balaban J connectivity index is 1.96. The number of rotatable bonds is 4. The maximum atomic E-state index is 11.8. The van der Waals surface area contributed by atoms with Crippen molar-refractivity contribution in [1.82, 2.24) is 15.3 Å². The molecule has 6 nitrogen and oxygen atoms in total. The zero-order valence-corrected chi connectivity index (χ0v) is 10.0. The molecule has 0 fully saturated rings. The lowest BCUT2D eigenvalue weighted by Gasteiger charge is -2.02. The molecule has 3 N–H and O–H groups in total. The van der Waals surface area contributed by atoms with E-state index in [9.17, 15) is 4.79 Å². The smallest absolute Gasteiger partial charge is 0.251 e. The third-order valence-electron chi connectivity index (χ3n) is 2.39. The van der Waals surface area contributed by atoms with Gasteiger partial charge in [0.1, 0.15) is 11.6 Å². The highest BCUT2D eigenvalue weighted by Gasteiger charge is 2.08. The van der Waals surface area contributed by atoms with Crippen LogP contribution in [0.25, 0.3) is 0 Å². The normalized spacial score (nSPS) is 10.3. The van der Waals surface area contributed by atoms with Crippen molar-refractivity contribution in [3.63, 3.8) is 0 Å².